The molecule has 0 saturated heterocycles. The average molecular weight is 1010 g/mol. The van der Waals surface area contributed by atoms with Gasteiger partial charge in [-0.2, -0.15) is 0 Å². The molecular formula is C60H115NO8P+. The maximum Gasteiger partial charge on any atom is 0.472 e. The van der Waals surface area contributed by atoms with E-state index in [1.807, 2.05) is 21.1 Å². The maximum absolute atomic E-state index is 12.8. The van der Waals surface area contributed by atoms with E-state index >= 15 is 0 Å². The van der Waals surface area contributed by atoms with Crippen LogP contribution in [0.3, 0.4) is 0 Å². The molecule has 0 rings (SSSR count). The van der Waals surface area contributed by atoms with E-state index in [0.29, 0.717) is 23.9 Å². The van der Waals surface area contributed by atoms with Crippen LogP contribution in [0.25, 0.3) is 0 Å². The Labute approximate surface area is 433 Å². The zero-order chi connectivity index (χ0) is 51.3. The standard InChI is InChI=1S/C60H114NO8P/c1-6-8-10-12-14-16-18-20-22-24-26-27-28-29-30-31-32-33-35-37-39-41-43-45-47-49-51-53-60(63)69-58(57-68-70(64,65)67-55-54-61(3,4)5)56-66-59(62)52-50-48-46-44-42-40-38-36-34-25-23-21-19-17-15-13-11-9-7-2/h18,20,24,26,28-29,58H,6-17,19,21-23,25,27,30-57H2,1-5H3/p+1/b20-18-,26-24-,29-28-. The van der Waals surface area contributed by atoms with Crippen LogP contribution in [-0.4, -0.2) is 74.9 Å². The van der Waals surface area contributed by atoms with Crippen molar-refractivity contribution in [1.82, 2.24) is 0 Å². The minimum absolute atomic E-state index is 0.0331. The minimum atomic E-state index is -4.38. The number of quaternary nitrogens is 1. The number of allylic oxidation sites excluding steroid dienone is 6. The van der Waals surface area contributed by atoms with Gasteiger partial charge in [0, 0.05) is 12.8 Å². The molecule has 0 spiro atoms. The van der Waals surface area contributed by atoms with Gasteiger partial charge >= 0.3 is 19.8 Å². The van der Waals surface area contributed by atoms with Crippen LogP contribution in [0.15, 0.2) is 36.5 Å². The van der Waals surface area contributed by atoms with E-state index in [0.717, 1.165) is 51.4 Å². The van der Waals surface area contributed by atoms with Crippen molar-refractivity contribution >= 4 is 19.8 Å². The Morgan fingerprint density at radius 1 is 0.443 bits per heavy atom. The summed E-state index contributed by atoms with van der Waals surface area (Å²) in [5.41, 5.74) is 0. The van der Waals surface area contributed by atoms with Gasteiger partial charge in [-0.1, -0.05) is 256 Å². The molecule has 0 bridgehead atoms. The van der Waals surface area contributed by atoms with Crippen molar-refractivity contribution in [2.45, 2.75) is 290 Å². The molecule has 10 heteroatoms. The number of carbonyl (C=O) groups excluding carboxylic acids is 2. The van der Waals surface area contributed by atoms with Crippen molar-refractivity contribution in [2.24, 2.45) is 0 Å². The molecule has 412 valence electrons. The molecular weight excluding hydrogens is 894 g/mol. The summed E-state index contributed by atoms with van der Waals surface area (Å²) in [6.07, 6.45) is 63.5. The van der Waals surface area contributed by atoms with E-state index in [-0.39, 0.29) is 25.6 Å². The smallest absolute Gasteiger partial charge is 0.462 e. The molecule has 0 heterocycles. The number of esters is 2. The van der Waals surface area contributed by atoms with Crippen molar-refractivity contribution in [3.05, 3.63) is 36.5 Å². The lowest BCUT2D eigenvalue weighted by molar-refractivity contribution is -0.870. The summed E-state index contributed by atoms with van der Waals surface area (Å²) in [5, 5.41) is 0. The molecule has 70 heavy (non-hydrogen) atoms. The second-order valence-corrected chi connectivity index (χ2v) is 22.8. The number of ether oxygens (including phenoxy) is 2. The molecule has 1 N–H and O–H groups in total. The zero-order valence-electron chi connectivity index (χ0n) is 46.8. The van der Waals surface area contributed by atoms with Gasteiger partial charge in [-0.3, -0.25) is 18.6 Å². The molecule has 0 aliphatic carbocycles. The van der Waals surface area contributed by atoms with Crippen LogP contribution < -0.4 is 0 Å². The molecule has 0 saturated carbocycles. The summed E-state index contributed by atoms with van der Waals surface area (Å²) in [5.74, 6) is -0.785. The van der Waals surface area contributed by atoms with Crippen LogP contribution in [0.2, 0.25) is 0 Å². The van der Waals surface area contributed by atoms with Gasteiger partial charge in [0.2, 0.25) is 0 Å². The predicted molar refractivity (Wildman–Crippen MR) is 298 cm³/mol. The van der Waals surface area contributed by atoms with Gasteiger partial charge in [-0.15, -0.1) is 0 Å². The molecule has 2 atom stereocenters. The number of rotatable bonds is 55. The topological polar surface area (TPSA) is 108 Å². The molecule has 0 aromatic carbocycles. The zero-order valence-corrected chi connectivity index (χ0v) is 47.7. The highest BCUT2D eigenvalue weighted by Gasteiger charge is 2.27. The highest BCUT2D eigenvalue weighted by molar-refractivity contribution is 7.47. The number of phosphoric ester groups is 1. The Balaban J connectivity index is 4.13. The molecule has 0 aliphatic heterocycles. The SMILES string of the molecule is CCCCCCC/C=C\C/C=C\C/C=C\CCCCCCCCCCCCCCC(=O)OC(COC(=O)CCCCCCCCCCCCCCCCCCCCC)COP(=O)(O)OCC[N+](C)(C)C. The summed E-state index contributed by atoms with van der Waals surface area (Å²) in [4.78, 5) is 35.7. The van der Waals surface area contributed by atoms with Gasteiger partial charge in [0.15, 0.2) is 6.10 Å². The lowest BCUT2D eigenvalue weighted by atomic mass is 10.0. The number of nitrogens with zero attached hydrogens (tertiary/aromatic N) is 1. The number of carbonyl (C=O) groups is 2. The van der Waals surface area contributed by atoms with Crippen molar-refractivity contribution in [3.63, 3.8) is 0 Å². The Morgan fingerprint density at radius 3 is 1.14 bits per heavy atom. The van der Waals surface area contributed by atoms with Crippen LogP contribution in [0.1, 0.15) is 284 Å². The summed E-state index contributed by atoms with van der Waals surface area (Å²) >= 11 is 0. The Kier molecular flexibility index (Phi) is 50.8. The fraction of sp³-hybridized carbons (Fsp3) is 0.867. The fourth-order valence-electron chi connectivity index (χ4n) is 8.55. The minimum Gasteiger partial charge on any atom is -0.462 e. The van der Waals surface area contributed by atoms with Crippen LogP contribution in [-0.2, 0) is 32.7 Å². The fourth-order valence-corrected chi connectivity index (χ4v) is 9.30. The van der Waals surface area contributed by atoms with Crippen molar-refractivity contribution < 1.29 is 42.1 Å². The average Bonchev–Trinajstić information content (AvgIpc) is 3.32. The molecule has 0 fully saturated rings. The number of likely N-dealkylation sites (N-methyl/N-ethyl adjacent to an activating group) is 1. The summed E-state index contributed by atoms with van der Waals surface area (Å²) in [6, 6.07) is 0. The Bertz CT molecular complexity index is 1280. The van der Waals surface area contributed by atoms with E-state index < -0.39 is 26.5 Å². The van der Waals surface area contributed by atoms with Gasteiger partial charge < -0.3 is 18.9 Å². The molecule has 0 aromatic rings. The third-order valence-electron chi connectivity index (χ3n) is 13.2. The van der Waals surface area contributed by atoms with Crippen LogP contribution in [0, 0.1) is 0 Å². The largest absolute Gasteiger partial charge is 0.472 e. The highest BCUT2D eigenvalue weighted by Crippen LogP contribution is 2.43. The van der Waals surface area contributed by atoms with Gasteiger partial charge in [0.25, 0.3) is 0 Å². The molecule has 0 radical (unpaired) electrons. The second-order valence-electron chi connectivity index (χ2n) is 21.4. The van der Waals surface area contributed by atoms with Crippen molar-refractivity contribution in [3.8, 4) is 0 Å². The summed E-state index contributed by atoms with van der Waals surface area (Å²) < 4.78 is 34.6. The summed E-state index contributed by atoms with van der Waals surface area (Å²) in [7, 11) is 1.49. The third-order valence-corrected chi connectivity index (χ3v) is 14.2. The van der Waals surface area contributed by atoms with Crippen LogP contribution in [0.4, 0.5) is 0 Å². The highest BCUT2D eigenvalue weighted by atomic mass is 31.2. The van der Waals surface area contributed by atoms with Gasteiger partial charge in [0.1, 0.15) is 19.8 Å². The summed E-state index contributed by atoms with van der Waals surface area (Å²) in [6.45, 7) is 4.47. The van der Waals surface area contributed by atoms with E-state index in [1.54, 1.807) is 0 Å². The Morgan fingerprint density at radius 2 is 0.771 bits per heavy atom. The number of phosphoric acid groups is 1. The molecule has 9 nitrogen and oxygen atoms in total. The lowest BCUT2D eigenvalue weighted by Gasteiger charge is -2.24. The lowest BCUT2D eigenvalue weighted by Crippen LogP contribution is -2.37. The number of hydrogen-bond donors (Lipinski definition) is 1. The van der Waals surface area contributed by atoms with Crippen LogP contribution >= 0.6 is 7.82 Å². The van der Waals surface area contributed by atoms with Crippen LogP contribution in [0.5, 0.6) is 0 Å². The molecule has 0 aliphatic rings. The Hall–Kier alpha value is -1.77. The first kappa shape index (κ1) is 68.2. The van der Waals surface area contributed by atoms with E-state index in [4.69, 9.17) is 18.5 Å². The third kappa shape index (κ3) is 55.5. The van der Waals surface area contributed by atoms with E-state index in [2.05, 4.69) is 50.3 Å². The maximum atomic E-state index is 12.8. The van der Waals surface area contributed by atoms with Gasteiger partial charge in [0.05, 0.1) is 27.7 Å². The quantitative estimate of drug-likeness (QED) is 0.0211. The first-order valence-corrected chi connectivity index (χ1v) is 31.2. The predicted octanol–water partition coefficient (Wildman–Crippen LogP) is 18.4. The van der Waals surface area contributed by atoms with Crippen molar-refractivity contribution in [1.29, 1.82) is 0 Å². The molecule has 0 amide bonds. The van der Waals surface area contributed by atoms with Gasteiger partial charge in [-0.25, -0.2) is 4.57 Å². The molecule has 0 aromatic heterocycles. The van der Waals surface area contributed by atoms with Gasteiger partial charge in [-0.05, 0) is 51.4 Å². The normalized spacial score (nSPS) is 13.5. The first-order chi connectivity index (χ1) is 34.0. The molecule has 2 unspecified atom stereocenters. The first-order valence-electron chi connectivity index (χ1n) is 29.7. The second kappa shape index (κ2) is 52.1. The number of unbranched alkanes of at least 4 members (excludes halogenated alkanes) is 35. The monoisotopic (exact) mass is 1010 g/mol. The van der Waals surface area contributed by atoms with E-state index in [1.165, 1.54) is 199 Å². The van der Waals surface area contributed by atoms with Crippen molar-refractivity contribution in [2.75, 3.05) is 47.5 Å². The van der Waals surface area contributed by atoms with E-state index in [9.17, 15) is 19.0 Å². The number of hydrogen-bond acceptors (Lipinski definition) is 7.